The van der Waals surface area contributed by atoms with Crippen molar-refractivity contribution in [3.63, 3.8) is 0 Å². The summed E-state index contributed by atoms with van der Waals surface area (Å²) in [5.41, 5.74) is 0.0193. The number of nitrogens with one attached hydrogen (secondary N) is 1. The third-order valence-corrected chi connectivity index (χ3v) is 3.40. The van der Waals surface area contributed by atoms with Crippen LogP contribution in [-0.4, -0.2) is 16.8 Å². The number of hydrogen-bond donors (Lipinski definition) is 2. The van der Waals surface area contributed by atoms with E-state index in [1.165, 1.54) is 0 Å². The number of amides is 1. The molecule has 0 saturated heterocycles. The van der Waals surface area contributed by atoms with E-state index in [2.05, 4.69) is 5.32 Å². The van der Waals surface area contributed by atoms with Crippen LogP contribution in [0.2, 0.25) is 5.02 Å². The first-order valence-corrected chi connectivity index (χ1v) is 6.68. The Morgan fingerprint density at radius 2 is 2.05 bits per heavy atom. The number of aliphatic hydroxyl groups excluding tert-OH is 1. The zero-order chi connectivity index (χ0) is 14.9. The third kappa shape index (κ3) is 3.20. The number of anilines is 1. The predicted octanol–water partition coefficient (Wildman–Crippen LogP) is 3.48. The summed E-state index contributed by atoms with van der Waals surface area (Å²) in [5.74, 6) is -1.07. The molecule has 1 aliphatic rings. The zero-order valence-electron chi connectivity index (χ0n) is 11.4. The number of carbonyl (C=O) groups is 2. The van der Waals surface area contributed by atoms with Gasteiger partial charge in [0.2, 0.25) is 0 Å². The van der Waals surface area contributed by atoms with E-state index in [1.807, 2.05) is 13.8 Å². The zero-order valence-corrected chi connectivity index (χ0v) is 12.1. The number of ketones is 1. The second-order valence-electron chi connectivity index (χ2n) is 5.73. The summed E-state index contributed by atoms with van der Waals surface area (Å²) in [6.07, 6.45) is 0.562. The van der Waals surface area contributed by atoms with Crippen LogP contribution >= 0.6 is 11.6 Å². The molecule has 1 aliphatic carbocycles. The fourth-order valence-electron chi connectivity index (χ4n) is 2.31. The normalized spacial score (nSPS) is 18.1. The Kier molecular flexibility index (Phi) is 3.86. The summed E-state index contributed by atoms with van der Waals surface area (Å²) in [6.45, 7) is 3.76. The number of benzene rings is 1. The highest BCUT2D eigenvalue weighted by Crippen LogP contribution is 2.36. The molecular formula is C15H16ClNO3. The van der Waals surface area contributed by atoms with Gasteiger partial charge in [-0.2, -0.15) is 0 Å². The van der Waals surface area contributed by atoms with Crippen molar-refractivity contribution in [2.45, 2.75) is 26.7 Å². The molecule has 2 N–H and O–H groups in total. The minimum absolute atomic E-state index is 0.147. The van der Waals surface area contributed by atoms with Gasteiger partial charge in [0.15, 0.2) is 5.78 Å². The molecule has 106 valence electrons. The lowest BCUT2D eigenvalue weighted by Crippen LogP contribution is -2.31. The van der Waals surface area contributed by atoms with E-state index < -0.39 is 5.91 Å². The molecule has 0 bridgehead atoms. The van der Waals surface area contributed by atoms with Crippen molar-refractivity contribution >= 4 is 29.0 Å². The van der Waals surface area contributed by atoms with Gasteiger partial charge in [-0.1, -0.05) is 31.5 Å². The van der Waals surface area contributed by atoms with Gasteiger partial charge in [0.05, 0.1) is 0 Å². The maximum Gasteiger partial charge on any atom is 0.262 e. The molecule has 0 saturated carbocycles. The van der Waals surface area contributed by atoms with Gasteiger partial charge in [-0.15, -0.1) is 0 Å². The summed E-state index contributed by atoms with van der Waals surface area (Å²) in [7, 11) is 0. The SMILES string of the molecule is CC1(C)CC(=O)C(C(=O)Nc2cccc(Cl)c2)=C(O)C1. The number of carbonyl (C=O) groups excluding carboxylic acids is 2. The molecular weight excluding hydrogens is 278 g/mol. The molecule has 4 nitrogen and oxygen atoms in total. The van der Waals surface area contributed by atoms with Crippen molar-refractivity contribution in [3.8, 4) is 0 Å². The van der Waals surface area contributed by atoms with Gasteiger partial charge in [0.25, 0.3) is 5.91 Å². The molecule has 20 heavy (non-hydrogen) atoms. The maximum atomic E-state index is 12.1. The van der Waals surface area contributed by atoms with Crippen LogP contribution in [0.25, 0.3) is 0 Å². The lowest BCUT2D eigenvalue weighted by molar-refractivity contribution is -0.122. The maximum absolute atomic E-state index is 12.1. The Morgan fingerprint density at radius 3 is 2.65 bits per heavy atom. The molecule has 5 heteroatoms. The van der Waals surface area contributed by atoms with E-state index in [9.17, 15) is 14.7 Å². The van der Waals surface area contributed by atoms with E-state index >= 15 is 0 Å². The minimum Gasteiger partial charge on any atom is -0.511 e. The van der Waals surface area contributed by atoms with Gasteiger partial charge in [-0.05, 0) is 23.6 Å². The summed E-state index contributed by atoms with van der Waals surface area (Å²) in [4.78, 5) is 24.1. The number of Topliss-reactive ketones (excluding diaryl/α,β-unsaturated/α-hetero) is 1. The molecule has 0 atom stereocenters. The van der Waals surface area contributed by atoms with Crippen LogP contribution in [-0.2, 0) is 9.59 Å². The third-order valence-electron chi connectivity index (χ3n) is 3.16. The second-order valence-corrected chi connectivity index (χ2v) is 6.16. The van der Waals surface area contributed by atoms with E-state index in [1.54, 1.807) is 24.3 Å². The number of halogens is 1. The van der Waals surface area contributed by atoms with Crippen molar-refractivity contribution in [2.24, 2.45) is 5.41 Å². The van der Waals surface area contributed by atoms with E-state index in [0.717, 1.165) is 0 Å². The van der Waals surface area contributed by atoms with Gasteiger partial charge in [-0.3, -0.25) is 9.59 Å². The number of allylic oxidation sites excluding steroid dienone is 1. The molecule has 0 radical (unpaired) electrons. The molecule has 0 unspecified atom stereocenters. The Balaban J connectivity index is 2.23. The lowest BCUT2D eigenvalue weighted by Gasteiger charge is -2.29. The van der Waals surface area contributed by atoms with Gasteiger partial charge in [0.1, 0.15) is 11.3 Å². The fourth-order valence-corrected chi connectivity index (χ4v) is 2.50. The summed E-state index contributed by atoms with van der Waals surface area (Å²) in [5, 5.41) is 13.0. The molecule has 0 aliphatic heterocycles. The molecule has 1 aromatic rings. The average Bonchev–Trinajstić information content (AvgIpc) is 2.25. The lowest BCUT2D eigenvalue weighted by atomic mass is 9.76. The number of hydrogen-bond acceptors (Lipinski definition) is 3. The molecule has 0 spiro atoms. The Morgan fingerprint density at radius 1 is 1.35 bits per heavy atom. The summed E-state index contributed by atoms with van der Waals surface area (Å²) < 4.78 is 0. The monoisotopic (exact) mass is 293 g/mol. The molecule has 0 heterocycles. The first-order valence-electron chi connectivity index (χ1n) is 6.31. The Bertz CT molecular complexity index is 605. The quantitative estimate of drug-likeness (QED) is 0.820. The standard InChI is InChI=1S/C15H16ClNO3/c1-15(2)7-11(18)13(12(19)8-15)14(20)17-10-5-3-4-9(16)6-10/h3-6,18H,7-8H2,1-2H3,(H,17,20). The van der Waals surface area contributed by atoms with Gasteiger partial charge >= 0.3 is 0 Å². The van der Waals surface area contributed by atoms with Crippen molar-refractivity contribution in [2.75, 3.05) is 5.32 Å². The van der Waals surface area contributed by atoms with Crippen LogP contribution < -0.4 is 5.32 Å². The Hall–Kier alpha value is -1.81. The summed E-state index contributed by atoms with van der Waals surface area (Å²) >= 11 is 5.83. The Labute approximate surface area is 122 Å². The highest BCUT2D eigenvalue weighted by Gasteiger charge is 2.36. The predicted molar refractivity (Wildman–Crippen MR) is 77.8 cm³/mol. The van der Waals surface area contributed by atoms with E-state index in [0.29, 0.717) is 17.1 Å². The molecule has 0 aromatic heterocycles. The van der Waals surface area contributed by atoms with Gasteiger partial charge in [0, 0.05) is 23.6 Å². The van der Waals surface area contributed by atoms with E-state index in [4.69, 9.17) is 11.6 Å². The van der Waals surface area contributed by atoms with Crippen LogP contribution in [0.4, 0.5) is 5.69 Å². The van der Waals surface area contributed by atoms with Crippen LogP contribution in [0.1, 0.15) is 26.7 Å². The number of rotatable bonds is 2. The average molecular weight is 294 g/mol. The van der Waals surface area contributed by atoms with Gasteiger partial charge < -0.3 is 10.4 Å². The molecule has 2 rings (SSSR count). The van der Waals surface area contributed by atoms with E-state index in [-0.39, 0.29) is 29.0 Å². The molecule has 1 amide bonds. The first-order chi connectivity index (χ1) is 9.28. The topological polar surface area (TPSA) is 66.4 Å². The first kappa shape index (κ1) is 14.6. The molecule has 0 fully saturated rings. The molecule has 1 aromatic carbocycles. The second kappa shape index (κ2) is 5.29. The van der Waals surface area contributed by atoms with Crippen molar-refractivity contribution in [3.05, 3.63) is 40.6 Å². The smallest absolute Gasteiger partial charge is 0.262 e. The van der Waals surface area contributed by atoms with Crippen molar-refractivity contribution in [1.82, 2.24) is 0 Å². The summed E-state index contributed by atoms with van der Waals surface area (Å²) in [6, 6.07) is 6.62. The minimum atomic E-state index is -0.592. The fraction of sp³-hybridized carbons (Fsp3) is 0.333. The van der Waals surface area contributed by atoms with Crippen LogP contribution in [0.15, 0.2) is 35.6 Å². The van der Waals surface area contributed by atoms with Crippen LogP contribution in [0.5, 0.6) is 0 Å². The largest absolute Gasteiger partial charge is 0.511 e. The van der Waals surface area contributed by atoms with Gasteiger partial charge in [-0.25, -0.2) is 0 Å². The highest BCUT2D eigenvalue weighted by atomic mass is 35.5. The van der Waals surface area contributed by atoms with Crippen molar-refractivity contribution < 1.29 is 14.7 Å². The van der Waals surface area contributed by atoms with Crippen LogP contribution in [0.3, 0.4) is 0 Å². The highest BCUT2D eigenvalue weighted by molar-refractivity contribution is 6.31. The number of aliphatic hydroxyl groups is 1. The van der Waals surface area contributed by atoms with Crippen LogP contribution in [0, 0.1) is 5.41 Å². The van der Waals surface area contributed by atoms with Crippen molar-refractivity contribution in [1.29, 1.82) is 0 Å².